The molecule has 0 saturated carbocycles. The number of aryl methyl sites for hydroxylation is 1. The zero-order valence-electron chi connectivity index (χ0n) is 7.78. The van der Waals surface area contributed by atoms with E-state index in [4.69, 9.17) is 4.89 Å². The van der Waals surface area contributed by atoms with Gasteiger partial charge < -0.3 is 4.89 Å². The monoisotopic (exact) mass is 231 g/mol. The molecule has 1 N–H and O–H groups in total. The van der Waals surface area contributed by atoms with Crippen LogP contribution < -0.4 is 0 Å². The van der Waals surface area contributed by atoms with Crippen molar-refractivity contribution in [3.63, 3.8) is 0 Å². The summed E-state index contributed by atoms with van der Waals surface area (Å²) in [6.07, 6.45) is 0.000448. The fraction of sp³-hybridized carbons (Fsp3) is 0.250. The fourth-order valence-corrected chi connectivity index (χ4v) is 1.89. The first-order valence-corrected chi connectivity index (χ1v) is 5.96. The van der Waals surface area contributed by atoms with Gasteiger partial charge in [-0.3, -0.25) is 4.57 Å². The van der Waals surface area contributed by atoms with E-state index in [0.717, 1.165) is 5.56 Å². The highest BCUT2D eigenvalue weighted by Gasteiger charge is 2.22. The summed E-state index contributed by atoms with van der Waals surface area (Å²) in [5.41, 5.74) is 0.832. The molecular weight excluding hydrogens is 221 g/mol. The molecule has 7 heteroatoms. The summed E-state index contributed by atoms with van der Waals surface area (Å²) >= 11 is 0. The molecule has 0 aromatic heterocycles. The minimum absolute atomic E-state index is 0.266. The van der Waals surface area contributed by atoms with E-state index < -0.39 is 12.7 Å². The standard InChI is InChI=1S/C8H10NO5P/c10-9(11)14-15(12,13)7-6-8-4-2-1-3-5-8/h1-5H,6-7H2,(H,12,13). The SMILES string of the molecule is O=[N+]([O-])OP(=O)(O)CCc1ccccc1. The topological polar surface area (TPSA) is 89.7 Å². The van der Waals surface area contributed by atoms with Gasteiger partial charge in [-0.2, -0.15) is 0 Å². The van der Waals surface area contributed by atoms with Crippen LogP contribution in [0, 0.1) is 10.1 Å². The zero-order chi connectivity index (χ0) is 11.3. The molecule has 0 saturated heterocycles. The Kier molecular flexibility index (Phi) is 3.82. The van der Waals surface area contributed by atoms with Crippen molar-refractivity contribution in [3.8, 4) is 0 Å². The highest BCUT2D eigenvalue weighted by molar-refractivity contribution is 7.52. The molecule has 1 atom stereocenters. The van der Waals surface area contributed by atoms with Crippen LogP contribution in [0.25, 0.3) is 0 Å². The van der Waals surface area contributed by atoms with Gasteiger partial charge in [0.15, 0.2) is 0 Å². The van der Waals surface area contributed by atoms with Gasteiger partial charge in [-0.05, 0) is 12.0 Å². The van der Waals surface area contributed by atoms with Crippen LogP contribution in [0.5, 0.6) is 0 Å². The van der Waals surface area contributed by atoms with Gasteiger partial charge in [-0.15, -0.1) is 10.1 Å². The van der Waals surface area contributed by atoms with Crippen LogP contribution in [0.3, 0.4) is 0 Å². The van der Waals surface area contributed by atoms with Gasteiger partial charge in [0.25, 0.3) is 0 Å². The molecule has 0 aliphatic carbocycles. The van der Waals surface area contributed by atoms with Crippen LogP contribution in [0.4, 0.5) is 0 Å². The molecule has 0 radical (unpaired) electrons. The summed E-state index contributed by atoms with van der Waals surface area (Å²) in [6, 6.07) is 8.92. The highest BCUT2D eigenvalue weighted by Crippen LogP contribution is 2.42. The average molecular weight is 231 g/mol. The Balaban J connectivity index is 2.50. The van der Waals surface area contributed by atoms with E-state index in [2.05, 4.69) is 4.62 Å². The maximum Gasteiger partial charge on any atom is 0.368 e. The second-order valence-electron chi connectivity index (χ2n) is 2.90. The van der Waals surface area contributed by atoms with E-state index in [-0.39, 0.29) is 12.6 Å². The number of hydrogen-bond donors (Lipinski definition) is 1. The maximum absolute atomic E-state index is 11.1. The van der Waals surface area contributed by atoms with E-state index in [1.165, 1.54) is 0 Å². The maximum atomic E-state index is 11.1. The van der Waals surface area contributed by atoms with Gasteiger partial charge in [-0.1, -0.05) is 30.3 Å². The lowest BCUT2D eigenvalue weighted by Gasteiger charge is -2.07. The molecule has 0 heterocycles. The molecule has 0 fully saturated rings. The zero-order valence-corrected chi connectivity index (χ0v) is 8.67. The van der Waals surface area contributed by atoms with Crippen molar-refractivity contribution in [2.45, 2.75) is 6.42 Å². The van der Waals surface area contributed by atoms with Gasteiger partial charge in [0.2, 0.25) is 0 Å². The van der Waals surface area contributed by atoms with E-state index in [1.807, 2.05) is 6.07 Å². The first kappa shape index (κ1) is 11.7. The third-order valence-corrected chi connectivity index (χ3v) is 2.90. The Bertz CT molecular complexity index is 380. The Morgan fingerprint density at radius 3 is 2.53 bits per heavy atom. The summed E-state index contributed by atoms with van der Waals surface area (Å²) in [6.45, 7) is 0. The summed E-state index contributed by atoms with van der Waals surface area (Å²) in [5.74, 6) is 0. The van der Waals surface area contributed by atoms with E-state index in [1.54, 1.807) is 24.3 Å². The smallest absolute Gasteiger partial charge is 0.326 e. The van der Waals surface area contributed by atoms with Crippen LogP contribution >= 0.6 is 7.60 Å². The Hall–Kier alpha value is -1.39. The Labute approximate surface area is 86.1 Å². The van der Waals surface area contributed by atoms with Crippen LogP contribution in [0.2, 0.25) is 0 Å². The van der Waals surface area contributed by atoms with Crippen molar-refractivity contribution in [3.05, 3.63) is 46.0 Å². The van der Waals surface area contributed by atoms with E-state index in [0.29, 0.717) is 0 Å². The summed E-state index contributed by atoms with van der Waals surface area (Å²) in [4.78, 5) is 18.9. The van der Waals surface area contributed by atoms with E-state index in [9.17, 15) is 14.7 Å². The molecule has 0 amide bonds. The summed E-state index contributed by atoms with van der Waals surface area (Å²) in [5, 5.41) is 8.63. The molecule has 15 heavy (non-hydrogen) atoms. The molecule has 1 rings (SSSR count). The second kappa shape index (κ2) is 4.91. The van der Waals surface area contributed by atoms with Crippen LogP contribution in [-0.4, -0.2) is 16.1 Å². The normalized spacial score (nSPS) is 14.2. The number of nitrogens with zero attached hydrogens (tertiary/aromatic N) is 1. The van der Waals surface area contributed by atoms with Crippen LogP contribution in [0.15, 0.2) is 30.3 Å². The van der Waals surface area contributed by atoms with Crippen LogP contribution in [0.1, 0.15) is 5.56 Å². The van der Waals surface area contributed by atoms with Crippen molar-refractivity contribution in [1.29, 1.82) is 0 Å². The number of rotatable bonds is 5. The fourth-order valence-electron chi connectivity index (χ4n) is 1.06. The summed E-state index contributed by atoms with van der Waals surface area (Å²) < 4.78 is 14.8. The van der Waals surface area contributed by atoms with E-state index >= 15 is 0 Å². The molecule has 0 bridgehead atoms. The molecule has 0 spiro atoms. The average Bonchev–Trinajstić information content (AvgIpc) is 2.15. The van der Waals surface area contributed by atoms with Crippen molar-refractivity contribution in [2.75, 3.05) is 6.16 Å². The van der Waals surface area contributed by atoms with Gasteiger partial charge >= 0.3 is 12.7 Å². The highest BCUT2D eigenvalue weighted by atomic mass is 31.2. The van der Waals surface area contributed by atoms with Gasteiger partial charge in [0.1, 0.15) is 0 Å². The lowest BCUT2D eigenvalue weighted by molar-refractivity contribution is -0.715. The molecule has 1 unspecified atom stereocenters. The molecule has 0 aliphatic heterocycles. The third-order valence-electron chi connectivity index (χ3n) is 1.72. The molecular formula is C8H10NO5P. The number of hydrogen-bond acceptors (Lipinski definition) is 4. The second-order valence-corrected chi connectivity index (χ2v) is 4.79. The first-order valence-electron chi connectivity index (χ1n) is 4.19. The number of benzene rings is 1. The van der Waals surface area contributed by atoms with Gasteiger partial charge in [-0.25, -0.2) is 4.62 Å². The van der Waals surface area contributed by atoms with Crippen molar-refractivity contribution < 1.29 is 19.2 Å². The van der Waals surface area contributed by atoms with Gasteiger partial charge in [0.05, 0.1) is 6.16 Å². The molecule has 82 valence electrons. The quantitative estimate of drug-likeness (QED) is 0.472. The molecule has 6 nitrogen and oxygen atoms in total. The lowest BCUT2D eigenvalue weighted by Crippen LogP contribution is -2.03. The Morgan fingerprint density at radius 2 is 2.00 bits per heavy atom. The lowest BCUT2D eigenvalue weighted by atomic mass is 10.2. The van der Waals surface area contributed by atoms with Crippen molar-refractivity contribution in [2.24, 2.45) is 0 Å². The van der Waals surface area contributed by atoms with Crippen LogP contribution in [-0.2, 0) is 15.6 Å². The minimum Gasteiger partial charge on any atom is -0.326 e. The predicted molar refractivity (Wildman–Crippen MR) is 52.9 cm³/mol. The Morgan fingerprint density at radius 1 is 1.40 bits per heavy atom. The predicted octanol–water partition coefficient (Wildman–Crippen LogP) is 1.62. The summed E-state index contributed by atoms with van der Waals surface area (Å²) in [7, 11) is -4.11. The molecule has 1 aromatic carbocycles. The largest absolute Gasteiger partial charge is 0.368 e. The van der Waals surface area contributed by atoms with Crippen molar-refractivity contribution in [1.82, 2.24) is 0 Å². The minimum atomic E-state index is -4.11. The molecule has 0 aliphatic rings. The van der Waals surface area contributed by atoms with Crippen molar-refractivity contribution >= 4 is 7.60 Å². The van der Waals surface area contributed by atoms with Gasteiger partial charge in [0, 0.05) is 0 Å². The third kappa shape index (κ3) is 4.58. The molecule has 1 aromatic rings. The first-order chi connectivity index (χ1) is 6.99.